The normalized spacial score (nSPS) is 12.1. The molecule has 2 aromatic heterocycles. The molecule has 4 aromatic rings. The third-order valence-corrected chi connectivity index (χ3v) is 7.29. The van der Waals surface area contributed by atoms with Crippen molar-refractivity contribution in [3.63, 3.8) is 0 Å². The largest absolute Gasteiger partial charge is 0.416 e. The minimum Gasteiger partial charge on any atom is -0.361 e. The number of H-pyrrole nitrogens is 1. The SMILES string of the molecule is CN(c1ncns1)S(=O)(=O)c1ccc2c(-c3ccc(C(F)(F)F)cc3C#N)c[nH]c2c1. The predicted octanol–water partition coefficient (Wildman–Crippen LogP) is 4.40. The number of aromatic nitrogens is 3. The van der Waals surface area contributed by atoms with Gasteiger partial charge < -0.3 is 4.98 Å². The lowest BCUT2D eigenvalue weighted by Gasteiger charge is -2.15. The Kier molecular flexibility index (Phi) is 4.95. The summed E-state index contributed by atoms with van der Waals surface area (Å²) in [7, 11) is -2.54. The number of fused-ring (bicyclic) bond motifs is 1. The summed E-state index contributed by atoms with van der Waals surface area (Å²) in [5.41, 5.74) is 0.194. The second-order valence-corrected chi connectivity index (χ2v) is 9.20. The maximum absolute atomic E-state index is 13.0. The fraction of sp³-hybridized carbons (Fsp3) is 0.105. The van der Waals surface area contributed by atoms with Crippen molar-refractivity contribution in [2.24, 2.45) is 0 Å². The van der Waals surface area contributed by atoms with Crippen molar-refractivity contribution < 1.29 is 21.6 Å². The van der Waals surface area contributed by atoms with Crippen molar-refractivity contribution in [3.05, 3.63) is 60.0 Å². The molecule has 0 fully saturated rings. The molecule has 7 nitrogen and oxygen atoms in total. The van der Waals surface area contributed by atoms with Crippen LogP contribution in [-0.4, -0.2) is 29.8 Å². The Morgan fingerprint density at radius 1 is 1.16 bits per heavy atom. The average Bonchev–Trinajstić information content (AvgIpc) is 3.41. The topological polar surface area (TPSA) is 103 Å². The molecule has 0 amide bonds. The first-order chi connectivity index (χ1) is 14.6. The second-order valence-electron chi connectivity index (χ2n) is 6.48. The van der Waals surface area contributed by atoms with Crippen LogP contribution >= 0.6 is 11.5 Å². The van der Waals surface area contributed by atoms with E-state index in [9.17, 15) is 26.9 Å². The van der Waals surface area contributed by atoms with Gasteiger partial charge in [-0.3, -0.25) is 0 Å². The summed E-state index contributed by atoms with van der Waals surface area (Å²) in [4.78, 5) is 6.82. The molecule has 1 N–H and O–H groups in total. The van der Waals surface area contributed by atoms with Gasteiger partial charge in [0, 0.05) is 46.8 Å². The van der Waals surface area contributed by atoms with Crippen LogP contribution in [-0.2, 0) is 16.2 Å². The number of aromatic amines is 1. The fourth-order valence-electron chi connectivity index (χ4n) is 3.10. The van der Waals surface area contributed by atoms with E-state index >= 15 is 0 Å². The van der Waals surface area contributed by atoms with Gasteiger partial charge in [0.2, 0.25) is 5.13 Å². The summed E-state index contributed by atoms with van der Waals surface area (Å²) in [5.74, 6) is 0. The molecule has 12 heteroatoms. The number of benzene rings is 2. The molecule has 2 heterocycles. The molecule has 0 saturated heterocycles. The first-order valence-electron chi connectivity index (χ1n) is 8.61. The Bertz CT molecular complexity index is 1420. The zero-order valence-electron chi connectivity index (χ0n) is 15.7. The summed E-state index contributed by atoms with van der Waals surface area (Å²) < 4.78 is 69.5. The minimum absolute atomic E-state index is 0.000902. The summed E-state index contributed by atoms with van der Waals surface area (Å²) in [5, 5.41) is 10.1. The third-order valence-electron chi connectivity index (χ3n) is 4.69. The summed E-state index contributed by atoms with van der Waals surface area (Å²) in [6, 6.07) is 9.09. The molecular weight excluding hydrogens is 451 g/mol. The van der Waals surface area contributed by atoms with E-state index in [1.807, 2.05) is 0 Å². The first-order valence-corrected chi connectivity index (χ1v) is 10.8. The van der Waals surface area contributed by atoms with Gasteiger partial charge in [-0.25, -0.2) is 17.7 Å². The number of nitrogens with zero attached hydrogens (tertiary/aromatic N) is 4. The molecule has 158 valence electrons. The zero-order valence-corrected chi connectivity index (χ0v) is 17.3. The number of nitrogens with one attached hydrogen (secondary N) is 1. The van der Waals surface area contributed by atoms with Crippen LogP contribution in [0, 0.1) is 11.3 Å². The van der Waals surface area contributed by atoms with Gasteiger partial charge in [-0.05, 0) is 24.3 Å². The van der Waals surface area contributed by atoms with Crippen LogP contribution in [0.1, 0.15) is 11.1 Å². The van der Waals surface area contributed by atoms with Crippen LogP contribution in [0.4, 0.5) is 18.3 Å². The van der Waals surface area contributed by atoms with E-state index in [0.29, 0.717) is 22.0 Å². The smallest absolute Gasteiger partial charge is 0.361 e. The van der Waals surface area contributed by atoms with Crippen LogP contribution in [0.3, 0.4) is 0 Å². The molecule has 0 bridgehead atoms. The Balaban J connectivity index is 1.78. The fourth-order valence-corrected chi connectivity index (χ4v) is 4.97. The Morgan fingerprint density at radius 3 is 2.58 bits per heavy atom. The van der Waals surface area contributed by atoms with Crippen molar-refractivity contribution in [2.75, 3.05) is 11.4 Å². The molecule has 0 aliphatic carbocycles. The lowest BCUT2D eigenvalue weighted by Crippen LogP contribution is -2.26. The second kappa shape index (κ2) is 7.36. The highest BCUT2D eigenvalue weighted by Crippen LogP contribution is 2.36. The Morgan fingerprint density at radius 2 is 1.94 bits per heavy atom. The highest BCUT2D eigenvalue weighted by molar-refractivity contribution is 7.93. The van der Waals surface area contributed by atoms with Gasteiger partial charge in [0.25, 0.3) is 10.0 Å². The van der Waals surface area contributed by atoms with Gasteiger partial charge in [-0.15, -0.1) is 0 Å². The molecule has 0 saturated carbocycles. The minimum atomic E-state index is -4.56. The number of hydrogen-bond acceptors (Lipinski definition) is 6. The maximum Gasteiger partial charge on any atom is 0.416 e. The number of sulfonamides is 1. The van der Waals surface area contributed by atoms with Gasteiger partial charge in [-0.1, -0.05) is 12.1 Å². The number of anilines is 1. The van der Waals surface area contributed by atoms with Crippen LogP contribution in [0.2, 0.25) is 0 Å². The number of rotatable bonds is 4. The van der Waals surface area contributed by atoms with E-state index in [1.54, 1.807) is 12.1 Å². The molecule has 0 unspecified atom stereocenters. The number of hydrogen-bond donors (Lipinski definition) is 1. The molecule has 2 aromatic carbocycles. The molecule has 4 rings (SSSR count). The van der Waals surface area contributed by atoms with Gasteiger partial charge in [0.15, 0.2) is 0 Å². The van der Waals surface area contributed by atoms with Crippen LogP contribution in [0.5, 0.6) is 0 Å². The average molecular weight is 463 g/mol. The first kappa shape index (κ1) is 20.8. The Labute approximate surface area is 178 Å². The number of halogens is 3. The molecule has 31 heavy (non-hydrogen) atoms. The summed E-state index contributed by atoms with van der Waals surface area (Å²) in [6.45, 7) is 0. The van der Waals surface area contributed by atoms with Crippen molar-refractivity contribution in [2.45, 2.75) is 11.1 Å². The molecule has 0 atom stereocenters. The highest BCUT2D eigenvalue weighted by atomic mass is 32.2. The van der Waals surface area contributed by atoms with Crippen molar-refractivity contribution in [1.29, 1.82) is 5.26 Å². The van der Waals surface area contributed by atoms with E-state index in [0.717, 1.165) is 28.0 Å². The van der Waals surface area contributed by atoms with Gasteiger partial charge in [0.05, 0.1) is 22.1 Å². The van der Waals surface area contributed by atoms with E-state index in [4.69, 9.17) is 0 Å². The lowest BCUT2D eigenvalue weighted by atomic mass is 9.97. The molecule has 0 aliphatic rings. The van der Waals surface area contributed by atoms with Gasteiger partial charge in [-0.2, -0.15) is 22.8 Å². The quantitative estimate of drug-likeness (QED) is 0.483. The van der Waals surface area contributed by atoms with Crippen LogP contribution in [0.25, 0.3) is 22.0 Å². The van der Waals surface area contributed by atoms with Crippen molar-refractivity contribution in [1.82, 2.24) is 14.3 Å². The summed E-state index contributed by atoms with van der Waals surface area (Å²) in [6.07, 6.45) is -1.78. The van der Waals surface area contributed by atoms with E-state index < -0.39 is 21.8 Å². The van der Waals surface area contributed by atoms with Gasteiger partial charge >= 0.3 is 6.18 Å². The molecule has 0 aliphatic heterocycles. The lowest BCUT2D eigenvalue weighted by molar-refractivity contribution is -0.137. The molecule has 0 radical (unpaired) electrons. The predicted molar refractivity (Wildman–Crippen MR) is 109 cm³/mol. The highest BCUT2D eigenvalue weighted by Gasteiger charge is 2.31. The standard InChI is InChI=1S/C19H12F3N5O2S2/c1-27(18-25-10-26-30-18)31(28,29)13-3-5-15-16(9-24-17(15)7-13)14-4-2-12(19(20,21)22)6-11(14)8-23/h2-7,9-10,24H,1H3. The van der Waals surface area contributed by atoms with E-state index in [-0.39, 0.29) is 15.6 Å². The monoisotopic (exact) mass is 463 g/mol. The maximum atomic E-state index is 13.0. The van der Waals surface area contributed by atoms with Crippen molar-refractivity contribution in [3.8, 4) is 17.2 Å². The molecule has 0 spiro atoms. The summed E-state index contributed by atoms with van der Waals surface area (Å²) >= 11 is 0.932. The van der Waals surface area contributed by atoms with E-state index in [1.165, 1.54) is 37.8 Å². The van der Waals surface area contributed by atoms with Gasteiger partial charge in [0.1, 0.15) is 6.33 Å². The van der Waals surface area contributed by atoms with Crippen LogP contribution < -0.4 is 4.31 Å². The molecular formula is C19H12F3N5O2S2. The van der Waals surface area contributed by atoms with Crippen LogP contribution in [0.15, 0.2) is 53.8 Å². The van der Waals surface area contributed by atoms with Crippen molar-refractivity contribution >= 4 is 37.6 Å². The zero-order chi connectivity index (χ0) is 22.4. The number of nitriles is 1. The van der Waals surface area contributed by atoms with E-state index in [2.05, 4.69) is 14.3 Å². The number of alkyl halides is 3. The Hall–Kier alpha value is -3.43. The third kappa shape index (κ3) is 3.62.